The first kappa shape index (κ1) is 15.0. The number of ether oxygens (including phenoxy) is 1. The number of anilines is 1. The van der Waals surface area contributed by atoms with Crippen LogP contribution in [-0.4, -0.2) is 35.7 Å². The van der Waals surface area contributed by atoms with Gasteiger partial charge >= 0.3 is 0 Å². The second-order valence-electron chi connectivity index (χ2n) is 5.68. The van der Waals surface area contributed by atoms with E-state index in [0.717, 1.165) is 43.7 Å². The minimum absolute atomic E-state index is 0.363. The molecule has 1 aliphatic carbocycles. The van der Waals surface area contributed by atoms with Crippen LogP contribution < -0.4 is 15.4 Å². The zero-order valence-electron chi connectivity index (χ0n) is 12.8. The van der Waals surface area contributed by atoms with Gasteiger partial charge in [0.15, 0.2) is 0 Å². The summed E-state index contributed by atoms with van der Waals surface area (Å²) in [7, 11) is 2.07. The molecule has 112 valence electrons. The van der Waals surface area contributed by atoms with Crippen molar-refractivity contribution in [2.45, 2.75) is 58.0 Å². The first-order valence-corrected chi connectivity index (χ1v) is 7.57. The van der Waals surface area contributed by atoms with Gasteiger partial charge in [0.1, 0.15) is 0 Å². The Morgan fingerprint density at radius 1 is 1.30 bits per heavy atom. The standard InChI is InChI=1S/C15H26N4O/c1-4-9-20-14-10-11(2)17-15(18-14)19(3)13-7-5-12(16)6-8-13/h10,12-13H,4-9,16H2,1-3H3. The van der Waals surface area contributed by atoms with Crippen molar-refractivity contribution in [1.29, 1.82) is 0 Å². The van der Waals surface area contributed by atoms with Crippen molar-refractivity contribution < 1.29 is 4.74 Å². The molecule has 20 heavy (non-hydrogen) atoms. The fourth-order valence-corrected chi connectivity index (χ4v) is 2.62. The second kappa shape index (κ2) is 6.88. The minimum Gasteiger partial charge on any atom is -0.478 e. The lowest BCUT2D eigenvalue weighted by atomic mass is 9.91. The van der Waals surface area contributed by atoms with E-state index >= 15 is 0 Å². The van der Waals surface area contributed by atoms with E-state index in [1.165, 1.54) is 0 Å². The van der Waals surface area contributed by atoms with Crippen LogP contribution in [0.4, 0.5) is 5.95 Å². The lowest BCUT2D eigenvalue weighted by molar-refractivity contribution is 0.303. The van der Waals surface area contributed by atoms with Crippen molar-refractivity contribution in [1.82, 2.24) is 9.97 Å². The lowest BCUT2D eigenvalue weighted by Gasteiger charge is -2.33. The molecule has 0 spiro atoms. The summed E-state index contributed by atoms with van der Waals surface area (Å²) in [6, 6.07) is 2.74. The van der Waals surface area contributed by atoms with E-state index in [2.05, 4.69) is 28.8 Å². The molecule has 0 bridgehead atoms. The Labute approximate surface area is 121 Å². The molecule has 0 saturated heterocycles. The molecule has 1 aromatic heterocycles. The van der Waals surface area contributed by atoms with Crippen LogP contribution in [0.1, 0.15) is 44.7 Å². The first-order chi connectivity index (χ1) is 9.60. The van der Waals surface area contributed by atoms with Gasteiger partial charge in [-0.05, 0) is 39.0 Å². The number of aryl methyl sites for hydroxylation is 1. The number of nitrogens with zero attached hydrogens (tertiary/aromatic N) is 3. The fraction of sp³-hybridized carbons (Fsp3) is 0.733. The number of rotatable bonds is 5. The molecule has 2 rings (SSSR count). The number of nitrogens with two attached hydrogens (primary N) is 1. The van der Waals surface area contributed by atoms with Crippen molar-refractivity contribution in [3.63, 3.8) is 0 Å². The summed E-state index contributed by atoms with van der Waals surface area (Å²) in [6.45, 7) is 4.76. The van der Waals surface area contributed by atoms with Crippen LogP contribution in [0.5, 0.6) is 5.88 Å². The Bertz CT molecular complexity index is 430. The summed E-state index contributed by atoms with van der Waals surface area (Å²) in [6.07, 6.45) is 5.37. The van der Waals surface area contributed by atoms with Gasteiger partial charge in [-0.1, -0.05) is 6.92 Å². The fourth-order valence-electron chi connectivity index (χ4n) is 2.62. The molecule has 0 atom stereocenters. The molecule has 5 nitrogen and oxygen atoms in total. The highest BCUT2D eigenvalue weighted by Gasteiger charge is 2.23. The van der Waals surface area contributed by atoms with Gasteiger partial charge in [-0.25, -0.2) is 4.98 Å². The van der Waals surface area contributed by atoms with Gasteiger partial charge < -0.3 is 15.4 Å². The maximum atomic E-state index is 5.97. The SMILES string of the molecule is CCCOc1cc(C)nc(N(C)C2CCC(N)CC2)n1. The van der Waals surface area contributed by atoms with E-state index in [9.17, 15) is 0 Å². The molecule has 0 unspecified atom stereocenters. The second-order valence-corrected chi connectivity index (χ2v) is 5.68. The van der Waals surface area contributed by atoms with E-state index in [-0.39, 0.29) is 0 Å². The highest BCUT2D eigenvalue weighted by atomic mass is 16.5. The van der Waals surface area contributed by atoms with Crippen molar-refractivity contribution in [2.75, 3.05) is 18.6 Å². The van der Waals surface area contributed by atoms with Crippen molar-refractivity contribution in [2.24, 2.45) is 5.73 Å². The molecule has 1 heterocycles. The van der Waals surface area contributed by atoms with Crippen LogP contribution in [0.25, 0.3) is 0 Å². The quantitative estimate of drug-likeness (QED) is 0.895. The van der Waals surface area contributed by atoms with Gasteiger partial charge in [0, 0.05) is 30.9 Å². The largest absolute Gasteiger partial charge is 0.478 e. The third-order valence-electron chi connectivity index (χ3n) is 3.88. The Kier molecular flexibility index (Phi) is 5.17. The zero-order chi connectivity index (χ0) is 14.5. The molecule has 0 radical (unpaired) electrons. The van der Waals surface area contributed by atoms with Crippen molar-refractivity contribution in [3.05, 3.63) is 11.8 Å². The Morgan fingerprint density at radius 2 is 2.00 bits per heavy atom. The molecule has 1 aliphatic rings. The Balaban J connectivity index is 2.08. The van der Waals surface area contributed by atoms with Crippen molar-refractivity contribution >= 4 is 5.95 Å². The smallest absolute Gasteiger partial charge is 0.228 e. The van der Waals surface area contributed by atoms with Crippen molar-refractivity contribution in [3.8, 4) is 5.88 Å². The molecule has 0 aromatic carbocycles. The summed E-state index contributed by atoms with van der Waals surface area (Å²) in [5.74, 6) is 1.44. The van der Waals surface area contributed by atoms with Gasteiger partial charge in [-0.2, -0.15) is 4.98 Å². The molecule has 0 aliphatic heterocycles. The molecular weight excluding hydrogens is 252 g/mol. The monoisotopic (exact) mass is 278 g/mol. The summed E-state index contributed by atoms with van der Waals surface area (Å²) >= 11 is 0. The molecule has 5 heteroatoms. The van der Waals surface area contributed by atoms with E-state index in [1.54, 1.807) is 0 Å². The first-order valence-electron chi connectivity index (χ1n) is 7.57. The Hall–Kier alpha value is -1.36. The highest BCUT2D eigenvalue weighted by Crippen LogP contribution is 2.25. The summed E-state index contributed by atoms with van der Waals surface area (Å²) in [4.78, 5) is 11.2. The number of hydrogen-bond donors (Lipinski definition) is 1. The number of hydrogen-bond acceptors (Lipinski definition) is 5. The van der Waals surface area contributed by atoms with E-state index in [4.69, 9.17) is 10.5 Å². The van der Waals surface area contributed by atoms with E-state index in [0.29, 0.717) is 24.6 Å². The summed E-state index contributed by atoms with van der Waals surface area (Å²) < 4.78 is 5.63. The summed E-state index contributed by atoms with van der Waals surface area (Å²) in [5.41, 5.74) is 6.91. The average molecular weight is 278 g/mol. The topological polar surface area (TPSA) is 64.3 Å². The normalized spacial score (nSPS) is 22.6. The predicted octanol–water partition coefficient (Wildman–Crippen LogP) is 2.28. The lowest BCUT2D eigenvalue weighted by Crippen LogP contribution is -2.39. The Morgan fingerprint density at radius 3 is 2.65 bits per heavy atom. The van der Waals surface area contributed by atoms with Crippen LogP contribution in [0.15, 0.2) is 6.07 Å². The molecular formula is C15H26N4O. The highest BCUT2D eigenvalue weighted by molar-refractivity contribution is 5.34. The van der Waals surface area contributed by atoms with Gasteiger partial charge in [0.05, 0.1) is 6.61 Å². The van der Waals surface area contributed by atoms with Crippen LogP contribution >= 0.6 is 0 Å². The molecule has 1 fully saturated rings. The predicted molar refractivity (Wildman–Crippen MR) is 81.2 cm³/mol. The molecule has 0 amide bonds. The van der Waals surface area contributed by atoms with Crippen LogP contribution in [0, 0.1) is 6.92 Å². The van der Waals surface area contributed by atoms with Gasteiger partial charge in [0.25, 0.3) is 0 Å². The zero-order valence-corrected chi connectivity index (χ0v) is 12.8. The van der Waals surface area contributed by atoms with E-state index in [1.807, 2.05) is 13.0 Å². The van der Waals surface area contributed by atoms with Gasteiger partial charge in [-0.3, -0.25) is 0 Å². The van der Waals surface area contributed by atoms with Gasteiger partial charge in [-0.15, -0.1) is 0 Å². The van der Waals surface area contributed by atoms with Crippen LogP contribution in [0.2, 0.25) is 0 Å². The maximum Gasteiger partial charge on any atom is 0.228 e. The van der Waals surface area contributed by atoms with E-state index < -0.39 is 0 Å². The van der Waals surface area contributed by atoms with Crippen LogP contribution in [0.3, 0.4) is 0 Å². The third-order valence-corrected chi connectivity index (χ3v) is 3.88. The van der Waals surface area contributed by atoms with Crippen LogP contribution in [-0.2, 0) is 0 Å². The average Bonchev–Trinajstić information content (AvgIpc) is 2.44. The summed E-state index contributed by atoms with van der Waals surface area (Å²) in [5, 5.41) is 0. The molecule has 1 aromatic rings. The third kappa shape index (κ3) is 3.82. The molecule has 2 N–H and O–H groups in total. The maximum absolute atomic E-state index is 5.97. The number of aromatic nitrogens is 2. The minimum atomic E-state index is 0.363. The molecule has 1 saturated carbocycles. The van der Waals surface area contributed by atoms with Gasteiger partial charge in [0.2, 0.25) is 11.8 Å².